The highest BCUT2D eigenvalue weighted by molar-refractivity contribution is 5.94. The smallest absolute Gasteiger partial charge is 0.251 e. The number of amides is 1. The van der Waals surface area contributed by atoms with Gasteiger partial charge in [0, 0.05) is 18.2 Å². The lowest BCUT2D eigenvalue weighted by atomic mass is 9.94. The third-order valence-electron chi connectivity index (χ3n) is 4.65. The van der Waals surface area contributed by atoms with Gasteiger partial charge in [-0.1, -0.05) is 36.6 Å². The highest BCUT2D eigenvalue weighted by Gasteiger charge is 2.17. The molecule has 1 aromatic rings. The van der Waals surface area contributed by atoms with Crippen LogP contribution in [0.1, 0.15) is 54.4 Å². The van der Waals surface area contributed by atoms with Crippen molar-refractivity contribution >= 4 is 12.1 Å². The Morgan fingerprint density at radius 1 is 1.29 bits per heavy atom. The van der Waals surface area contributed by atoms with E-state index in [-0.39, 0.29) is 5.91 Å². The van der Waals surface area contributed by atoms with E-state index in [4.69, 9.17) is 0 Å². The molecule has 0 spiro atoms. The fourth-order valence-corrected chi connectivity index (χ4v) is 3.17. The van der Waals surface area contributed by atoms with Crippen molar-refractivity contribution in [2.75, 3.05) is 27.2 Å². The van der Waals surface area contributed by atoms with Crippen LogP contribution < -0.4 is 5.32 Å². The van der Waals surface area contributed by atoms with Crippen LogP contribution in [-0.2, 0) is 4.84 Å². The first-order chi connectivity index (χ1) is 11.7. The Morgan fingerprint density at radius 2 is 2.00 bits per heavy atom. The van der Waals surface area contributed by atoms with E-state index in [1.54, 1.807) is 18.3 Å². The van der Waals surface area contributed by atoms with Gasteiger partial charge in [0.15, 0.2) is 0 Å². The number of nitrogens with one attached hydrogen (secondary N) is 1. The molecule has 0 bridgehead atoms. The summed E-state index contributed by atoms with van der Waals surface area (Å²) < 4.78 is 0. The lowest BCUT2D eigenvalue weighted by Gasteiger charge is -2.31. The van der Waals surface area contributed by atoms with Crippen molar-refractivity contribution in [1.29, 1.82) is 0 Å². The number of nitrogens with zero attached hydrogens (tertiary/aromatic N) is 2. The van der Waals surface area contributed by atoms with E-state index < -0.39 is 0 Å². The van der Waals surface area contributed by atoms with Gasteiger partial charge < -0.3 is 15.1 Å². The fraction of sp³-hybridized carbons (Fsp3) is 0.579. The second-order valence-electron chi connectivity index (χ2n) is 6.42. The van der Waals surface area contributed by atoms with Crippen LogP contribution in [0, 0.1) is 0 Å². The Morgan fingerprint density at radius 3 is 2.67 bits per heavy atom. The molecule has 1 aliphatic rings. The summed E-state index contributed by atoms with van der Waals surface area (Å²) in [6.45, 7) is 1.75. The van der Waals surface area contributed by atoms with Gasteiger partial charge in [0.2, 0.25) is 0 Å². The molecule has 0 aromatic heterocycles. The molecule has 1 amide bonds. The molecule has 132 valence electrons. The summed E-state index contributed by atoms with van der Waals surface area (Å²) in [6.07, 6.45) is 9.34. The number of carbonyl (C=O) groups is 1. The third-order valence-corrected chi connectivity index (χ3v) is 4.65. The maximum Gasteiger partial charge on any atom is 0.251 e. The lowest BCUT2D eigenvalue weighted by Crippen LogP contribution is -2.35. The van der Waals surface area contributed by atoms with Gasteiger partial charge in [0.25, 0.3) is 5.91 Å². The Labute approximate surface area is 145 Å². The van der Waals surface area contributed by atoms with E-state index in [9.17, 15) is 4.79 Å². The Kier molecular flexibility index (Phi) is 7.75. The molecule has 1 saturated carbocycles. The van der Waals surface area contributed by atoms with Crippen molar-refractivity contribution < 1.29 is 9.63 Å². The molecule has 5 heteroatoms. The first-order valence-corrected chi connectivity index (χ1v) is 8.85. The van der Waals surface area contributed by atoms with Crippen LogP contribution in [0.5, 0.6) is 0 Å². The van der Waals surface area contributed by atoms with Crippen LogP contribution in [0.3, 0.4) is 0 Å². The number of hydrogen-bond acceptors (Lipinski definition) is 4. The fourth-order valence-electron chi connectivity index (χ4n) is 3.17. The minimum atomic E-state index is -0.0226. The van der Waals surface area contributed by atoms with Crippen molar-refractivity contribution in [2.45, 2.75) is 44.6 Å². The van der Waals surface area contributed by atoms with E-state index in [1.165, 1.54) is 39.2 Å². The summed E-state index contributed by atoms with van der Waals surface area (Å²) in [5.41, 5.74) is 1.58. The predicted molar refractivity (Wildman–Crippen MR) is 97.5 cm³/mol. The standard InChI is InChI=1S/C19H29N3O2/c1-22(18-7-4-3-5-8-18)14-6-13-20-19(23)17-11-9-16(10-12-17)15-21-24-2/h9-12,15,18H,3-8,13-14H2,1-2H3,(H,20,23)/b21-15+. The van der Waals surface area contributed by atoms with Crippen molar-refractivity contribution in [3.8, 4) is 0 Å². The Hall–Kier alpha value is -1.88. The van der Waals surface area contributed by atoms with Crippen LogP contribution in [-0.4, -0.2) is 50.3 Å². The molecule has 0 atom stereocenters. The molecule has 1 fully saturated rings. The minimum Gasteiger partial charge on any atom is -0.399 e. The predicted octanol–water partition coefficient (Wildman–Crippen LogP) is 3.05. The number of benzene rings is 1. The molecule has 2 rings (SSSR count). The Bertz CT molecular complexity index is 522. The third kappa shape index (κ3) is 5.96. The molecule has 0 aliphatic heterocycles. The van der Waals surface area contributed by atoms with E-state index in [1.807, 2.05) is 12.1 Å². The summed E-state index contributed by atoms with van der Waals surface area (Å²) >= 11 is 0. The van der Waals surface area contributed by atoms with Crippen molar-refractivity contribution in [3.63, 3.8) is 0 Å². The van der Waals surface area contributed by atoms with Crippen LogP contribution in [0.15, 0.2) is 29.4 Å². The number of rotatable bonds is 8. The molecule has 1 aromatic carbocycles. The maximum atomic E-state index is 12.1. The van der Waals surface area contributed by atoms with Crippen LogP contribution in [0.4, 0.5) is 0 Å². The largest absolute Gasteiger partial charge is 0.399 e. The molecular formula is C19H29N3O2. The normalized spacial score (nSPS) is 15.8. The molecule has 24 heavy (non-hydrogen) atoms. The van der Waals surface area contributed by atoms with Crippen LogP contribution in [0.25, 0.3) is 0 Å². The zero-order valence-corrected chi connectivity index (χ0v) is 14.8. The average molecular weight is 331 g/mol. The van der Waals surface area contributed by atoms with Crippen molar-refractivity contribution in [3.05, 3.63) is 35.4 Å². The SMILES string of the molecule is CO/N=C/c1ccc(C(=O)NCCCN(C)C2CCCCC2)cc1. The minimum absolute atomic E-state index is 0.0226. The van der Waals surface area contributed by atoms with Crippen molar-refractivity contribution in [1.82, 2.24) is 10.2 Å². The van der Waals surface area contributed by atoms with Gasteiger partial charge in [0.1, 0.15) is 7.11 Å². The van der Waals surface area contributed by atoms with Gasteiger partial charge in [-0.3, -0.25) is 4.79 Å². The molecule has 1 N–H and O–H groups in total. The van der Waals surface area contributed by atoms with Gasteiger partial charge in [-0.05, 0) is 50.6 Å². The summed E-state index contributed by atoms with van der Waals surface area (Å²) in [4.78, 5) is 19.2. The summed E-state index contributed by atoms with van der Waals surface area (Å²) in [5.74, 6) is -0.0226. The summed E-state index contributed by atoms with van der Waals surface area (Å²) in [6, 6.07) is 8.06. The second kappa shape index (κ2) is 10.1. The highest BCUT2D eigenvalue weighted by atomic mass is 16.6. The monoisotopic (exact) mass is 331 g/mol. The van der Waals surface area contributed by atoms with E-state index in [2.05, 4.69) is 27.3 Å². The van der Waals surface area contributed by atoms with Gasteiger partial charge in [-0.15, -0.1) is 0 Å². The molecule has 0 heterocycles. The molecule has 0 radical (unpaired) electrons. The van der Waals surface area contributed by atoms with E-state index >= 15 is 0 Å². The zero-order chi connectivity index (χ0) is 17.2. The molecule has 1 aliphatic carbocycles. The van der Waals surface area contributed by atoms with Gasteiger partial charge in [0.05, 0.1) is 6.21 Å². The second-order valence-corrected chi connectivity index (χ2v) is 6.42. The molecular weight excluding hydrogens is 302 g/mol. The Balaban J connectivity index is 1.68. The van der Waals surface area contributed by atoms with E-state index in [0.717, 1.165) is 24.6 Å². The number of carbonyl (C=O) groups excluding carboxylic acids is 1. The molecule has 0 unspecified atom stereocenters. The lowest BCUT2D eigenvalue weighted by molar-refractivity contribution is 0.0950. The van der Waals surface area contributed by atoms with Crippen molar-refractivity contribution in [2.24, 2.45) is 5.16 Å². The van der Waals surface area contributed by atoms with Gasteiger partial charge in [-0.2, -0.15) is 0 Å². The molecule has 5 nitrogen and oxygen atoms in total. The quantitative estimate of drug-likeness (QED) is 0.452. The highest BCUT2D eigenvalue weighted by Crippen LogP contribution is 2.21. The van der Waals surface area contributed by atoms with E-state index in [0.29, 0.717) is 12.1 Å². The summed E-state index contributed by atoms with van der Waals surface area (Å²) in [7, 11) is 3.71. The maximum absolute atomic E-state index is 12.1. The topological polar surface area (TPSA) is 53.9 Å². The van der Waals surface area contributed by atoms with Crippen LogP contribution in [0.2, 0.25) is 0 Å². The van der Waals surface area contributed by atoms with Gasteiger partial charge in [-0.25, -0.2) is 0 Å². The first kappa shape index (κ1) is 18.5. The number of hydrogen-bond donors (Lipinski definition) is 1. The summed E-state index contributed by atoms with van der Waals surface area (Å²) in [5, 5.41) is 6.70. The number of oxime groups is 1. The van der Waals surface area contributed by atoms with Gasteiger partial charge >= 0.3 is 0 Å². The molecule has 0 saturated heterocycles. The first-order valence-electron chi connectivity index (χ1n) is 8.85. The zero-order valence-electron chi connectivity index (χ0n) is 14.8. The average Bonchev–Trinajstić information content (AvgIpc) is 2.64. The van der Waals surface area contributed by atoms with Crippen LogP contribution >= 0.6 is 0 Å².